The van der Waals surface area contributed by atoms with Gasteiger partial charge in [0.15, 0.2) is 0 Å². The number of amides is 1. The highest BCUT2D eigenvalue weighted by molar-refractivity contribution is 8.03. The molecular formula is C21H21NO3S. The Kier molecular flexibility index (Phi) is 5.87. The van der Waals surface area contributed by atoms with Gasteiger partial charge in [-0.1, -0.05) is 36.3 Å². The number of ether oxygens (including phenoxy) is 1. The van der Waals surface area contributed by atoms with Gasteiger partial charge in [-0.3, -0.25) is 4.79 Å². The summed E-state index contributed by atoms with van der Waals surface area (Å²) in [7, 11) is 1.62. The summed E-state index contributed by atoms with van der Waals surface area (Å²) in [6.07, 6.45) is -0.712. The van der Waals surface area contributed by atoms with Crippen LogP contribution in [0.15, 0.2) is 59.5 Å². The largest absolute Gasteiger partial charge is 0.497 e. The molecule has 0 radical (unpaired) electrons. The Morgan fingerprint density at radius 3 is 2.50 bits per heavy atom. The van der Waals surface area contributed by atoms with Gasteiger partial charge in [0.05, 0.1) is 19.1 Å². The zero-order chi connectivity index (χ0) is 18.5. The molecule has 0 aliphatic carbocycles. The van der Waals surface area contributed by atoms with Crippen LogP contribution < -0.4 is 4.74 Å². The summed E-state index contributed by atoms with van der Waals surface area (Å²) >= 11 is 1.43. The van der Waals surface area contributed by atoms with Gasteiger partial charge < -0.3 is 14.7 Å². The molecule has 1 N–H and O–H groups in total. The molecule has 0 spiro atoms. The summed E-state index contributed by atoms with van der Waals surface area (Å²) in [4.78, 5) is 15.2. The maximum absolute atomic E-state index is 12.4. The van der Waals surface area contributed by atoms with E-state index < -0.39 is 12.0 Å². The first-order valence-electron chi connectivity index (χ1n) is 8.44. The van der Waals surface area contributed by atoms with E-state index in [0.717, 1.165) is 16.2 Å². The van der Waals surface area contributed by atoms with Crippen molar-refractivity contribution in [3.63, 3.8) is 0 Å². The van der Waals surface area contributed by atoms with E-state index in [0.29, 0.717) is 6.54 Å². The van der Waals surface area contributed by atoms with Crippen LogP contribution in [0, 0.1) is 17.1 Å². The summed E-state index contributed by atoms with van der Waals surface area (Å²) in [5.74, 6) is 3.42. The molecule has 1 saturated heterocycles. The minimum Gasteiger partial charge on any atom is -0.497 e. The van der Waals surface area contributed by atoms with E-state index in [9.17, 15) is 9.90 Å². The molecule has 5 heteroatoms. The predicted molar refractivity (Wildman–Crippen MR) is 103 cm³/mol. The van der Waals surface area contributed by atoms with Crippen LogP contribution in [0.3, 0.4) is 0 Å². The summed E-state index contributed by atoms with van der Waals surface area (Å²) < 4.78 is 5.16. The summed E-state index contributed by atoms with van der Waals surface area (Å²) in [5, 5.41) is 13.0. The van der Waals surface area contributed by atoms with Crippen molar-refractivity contribution in [2.45, 2.75) is 30.5 Å². The van der Waals surface area contributed by atoms with Crippen molar-refractivity contribution in [2.24, 2.45) is 5.92 Å². The van der Waals surface area contributed by atoms with E-state index in [1.54, 1.807) is 18.9 Å². The number of hydrogen-bond donors (Lipinski definition) is 1. The highest BCUT2D eigenvalue weighted by atomic mass is 32.2. The molecular weight excluding hydrogens is 346 g/mol. The maximum Gasteiger partial charge on any atom is 0.232 e. The van der Waals surface area contributed by atoms with Gasteiger partial charge in [0.2, 0.25) is 5.91 Å². The van der Waals surface area contributed by atoms with Crippen molar-refractivity contribution in [1.82, 2.24) is 4.90 Å². The van der Waals surface area contributed by atoms with Crippen molar-refractivity contribution >= 4 is 17.7 Å². The summed E-state index contributed by atoms with van der Waals surface area (Å²) in [5.41, 5.74) is 1.01. The third-order valence-electron chi connectivity index (χ3n) is 4.39. The minimum absolute atomic E-state index is 0.0557. The predicted octanol–water partition coefficient (Wildman–Crippen LogP) is 3.16. The topological polar surface area (TPSA) is 49.8 Å². The van der Waals surface area contributed by atoms with Crippen molar-refractivity contribution in [2.75, 3.05) is 7.11 Å². The number of carbonyl (C=O) groups is 1. The quantitative estimate of drug-likeness (QED) is 0.501. The standard InChI is InChI=1S/C21H21NO3S/c1-15(23)20-19(12-13-26-18-6-4-3-5-7-18)22(21(20)24)14-16-8-10-17(25-2)11-9-16/h3-11,15,19-20,23H,14H2,1-2H3/t15-,19+,20-/m1/s1. The highest BCUT2D eigenvalue weighted by Gasteiger charge is 2.48. The van der Waals surface area contributed by atoms with E-state index in [2.05, 4.69) is 11.2 Å². The summed E-state index contributed by atoms with van der Waals surface area (Å²) in [6, 6.07) is 17.2. The van der Waals surface area contributed by atoms with Crippen molar-refractivity contribution in [1.29, 1.82) is 0 Å². The number of hydrogen-bond acceptors (Lipinski definition) is 4. The van der Waals surface area contributed by atoms with Gasteiger partial charge in [-0.05, 0) is 53.8 Å². The van der Waals surface area contributed by atoms with E-state index >= 15 is 0 Å². The Labute approximate surface area is 158 Å². The molecule has 1 heterocycles. The zero-order valence-electron chi connectivity index (χ0n) is 14.8. The zero-order valence-corrected chi connectivity index (χ0v) is 15.6. The average Bonchev–Trinajstić information content (AvgIpc) is 2.66. The SMILES string of the molecule is COc1ccc(CN2C(=O)[C@H]([C@@H](C)O)[C@@H]2C#CSc2ccccc2)cc1. The van der Waals surface area contributed by atoms with Crippen LogP contribution >= 0.6 is 11.8 Å². The smallest absolute Gasteiger partial charge is 0.232 e. The van der Waals surface area contributed by atoms with E-state index in [1.165, 1.54) is 11.8 Å². The molecule has 3 rings (SSSR count). The monoisotopic (exact) mass is 367 g/mol. The molecule has 0 saturated carbocycles. The normalized spacial score (nSPS) is 20.0. The third-order valence-corrected chi connectivity index (χ3v) is 5.12. The molecule has 1 aliphatic rings. The second kappa shape index (κ2) is 8.31. The van der Waals surface area contributed by atoms with Crippen LogP contribution in [0.25, 0.3) is 0 Å². The number of methoxy groups -OCH3 is 1. The second-order valence-corrected chi connectivity index (χ2v) is 7.07. The molecule has 2 aromatic carbocycles. The molecule has 0 bridgehead atoms. The number of thioether (sulfide) groups is 1. The molecule has 1 amide bonds. The second-order valence-electron chi connectivity index (χ2n) is 6.19. The minimum atomic E-state index is -0.712. The van der Waals surface area contributed by atoms with E-state index in [-0.39, 0.29) is 11.9 Å². The lowest BCUT2D eigenvalue weighted by Gasteiger charge is -2.45. The number of likely N-dealkylation sites (tertiary alicyclic amines) is 1. The van der Waals surface area contributed by atoms with Crippen molar-refractivity contribution in [3.8, 4) is 16.9 Å². The molecule has 4 nitrogen and oxygen atoms in total. The average molecular weight is 367 g/mol. The molecule has 1 fully saturated rings. The Morgan fingerprint density at radius 2 is 1.88 bits per heavy atom. The fourth-order valence-corrected chi connectivity index (χ4v) is 3.55. The van der Waals surface area contributed by atoms with E-state index in [4.69, 9.17) is 4.74 Å². The molecule has 0 aromatic heterocycles. The molecule has 2 aromatic rings. The third kappa shape index (κ3) is 4.04. The fraction of sp³-hybridized carbons (Fsp3) is 0.286. The Bertz CT molecular complexity index is 809. The molecule has 0 unspecified atom stereocenters. The molecule has 26 heavy (non-hydrogen) atoms. The van der Waals surface area contributed by atoms with Gasteiger partial charge in [0, 0.05) is 11.4 Å². The molecule has 134 valence electrons. The van der Waals surface area contributed by atoms with Gasteiger partial charge in [0.25, 0.3) is 0 Å². The number of carbonyl (C=O) groups excluding carboxylic acids is 1. The van der Waals surface area contributed by atoms with Crippen molar-refractivity contribution < 1.29 is 14.6 Å². The van der Waals surface area contributed by atoms with Crippen LogP contribution in [0.2, 0.25) is 0 Å². The fourth-order valence-electron chi connectivity index (χ4n) is 2.95. The number of rotatable bonds is 5. The number of nitrogens with zero attached hydrogens (tertiary/aromatic N) is 1. The molecule has 1 aliphatic heterocycles. The number of aliphatic hydroxyl groups excluding tert-OH is 1. The Hall–Kier alpha value is -2.42. The van der Waals surface area contributed by atoms with Gasteiger partial charge in [-0.15, -0.1) is 0 Å². The Balaban J connectivity index is 1.72. The molecule has 3 atom stereocenters. The Morgan fingerprint density at radius 1 is 1.19 bits per heavy atom. The first-order valence-corrected chi connectivity index (χ1v) is 9.25. The first-order chi connectivity index (χ1) is 12.6. The lowest BCUT2D eigenvalue weighted by molar-refractivity contribution is -0.160. The van der Waals surface area contributed by atoms with Crippen LogP contribution in [-0.2, 0) is 11.3 Å². The van der Waals surface area contributed by atoms with Gasteiger partial charge >= 0.3 is 0 Å². The number of β-lactam (4-membered cyclic amide) rings is 1. The van der Waals surface area contributed by atoms with Gasteiger partial charge in [-0.2, -0.15) is 0 Å². The summed E-state index contributed by atoms with van der Waals surface area (Å²) in [6.45, 7) is 2.12. The highest BCUT2D eigenvalue weighted by Crippen LogP contribution is 2.31. The van der Waals surface area contributed by atoms with E-state index in [1.807, 2.05) is 54.6 Å². The maximum atomic E-state index is 12.4. The number of benzene rings is 2. The van der Waals surface area contributed by atoms with Crippen LogP contribution in [0.5, 0.6) is 5.75 Å². The van der Waals surface area contributed by atoms with Gasteiger partial charge in [0.1, 0.15) is 11.8 Å². The van der Waals surface area contributed by atoms with Crippen LogP contribution in [0.1, 0.15) is 12.5 Å². The first kappa shape index (κ1) is 18.4. The van der Waals surface area contributed by atoms with Crippen LogP contribution in [0.4, 0.5) is 0 Å². The lowest BCUT2D eigenvalue weighted by Crippen LogP contribution is -2.63. The lowest BCUT2D eigenvalue weighted by atomic mass is 9.83. The number of aliphatic hydroxyl groups is 1. The van der Waals surface area contributed by atoms with Crippen LogP contribution in [-0.4, -0.2) is 35.2 Å². The van der Waals surface area contributed by atoms with Gasteiger partial charge in [-0.25, -0.2) is 0 Å². The van der Waals surface area contributed by atoms with Crippen molar-refractivity contribution in [3.05, 3.63) is 60.2 Å².